The van der Waals surface area contributed by atoms with Crippen molar-refractivity contribution in [3.05, 3.63) is 50.8 Å². The number of anilines is 1. The van der Waals surface area contributed by atoms with Crippen LogP contribution in [-0.2, 0) is 16.0 Å². The summed E-state index contributed by atoms with van der Waals surface area (Å²) in [6.45, 7) is 6.16. The predicted octanol–water partition coefficient (Wildman–Crippen LogP) is 7.39. The number of aromatic nitrogens is 2. The fraction of sp³-hybridized carbons (Fsp3) is 0.481. The number of amides is 1. The zero-order valence-corrected chi connectivity index (χ0v) is 22.7. The van der Waals surface area contributed by atoms with Crippen molar-refractivity contribution < 1.29 is 23.7 Å². The lowest BCUT2D eigenvalue weighted by Crippen LogP contribution is -2.17. The third kappa shape index (κ3) is 6.73. The summed E-state index contributed by atoms with van der Waals surface area (Å²) >= 11 is 12.9. The van der Waals surface area contributed by atoms with Crippen LogP contribution in [0.5, 0.6) is 0 Å². The second kappa shape index (κ2) is 11.7. The second-order valence-corrected chi connectivity index (χ2v) is 10.9. The van der Waals surface area contributed by atoms with Crippen LogP contribution in [0.2, 0.25) is 10.0 Å². The van der Waals surface area contributed by atoms with Crippen molar-refractivity contribution in [1.82, 2.24) is 10.3 Å². The van der Waals surface area contributed by atoms with Crippen molar-refractivity contribution in [2.75, 3.05) is 5.32 Å². The van der Waals surface area contributed by atoms with Gasteiger partial charge in [-0.25, -0.2) is 0 Å². The number of carbonyl (C=O) groups excluding carboxylic acids is 1. The third-order valence-corrected chi connectivity index (χ3v) is 7.23. The molecule has 8 nitrogen and oxygen atoms in total. The topological polar surface area (TPSA) is 118 Å². The van der Waals surface area contributed by atoms with Crippen molar-refractivity contribution in [2.45, 2.75) is 77.6 Å². The monoisotopic (exact) mass is 547 g/mol. The molecule has 198 valence electrons. The van der Waals surface area contributed by atoms with E-state index in [4.69, 9.17) is 32.2 Å². The average molecular weight is 548 g/mol. The van der Waals surface area contributed by atoms with E-state index in [1.807, 2.05) is 13.0 Å². The van der Waals surface area contributed by atoms with Gasteiger partial charge in [-0.3, -0.25) is 9.59 Å². The summed E-state index contributed by atoms with van der Waals surface area (Å²) in [5, 5.41) is 21.5. The molecule has 3 aromatic rings. The first kappa shape index (κ1) is 27.2. The molecule has 1 saturated carbocycles. The number of hydrogen-bond acceptors (Lipinski definition) is 6. The van der Waals surface area contributed by atoms with Crippen LogP contribution >= 0.6 is 23.2 Å². The Labute approximate surface area is 225 Å². The average Bonchev–Trinajstić information content (AvgIpc) is 3.47. The van der Waals surface area contributed by atoms with Crippen LogP contribution in [0.4, 0.5) is 5.69 Å². The van der Waals surface area contributed by atoms with Gasteiger partial charge in [-0.05, 0) is 62.1 Å². The van der Waals surface area contributed by atoms with Crippen LogP contribution in [0, 0.1) is 12.8 Å². The molecule has 1 amide bonds. The van der Waals surface area contributed by atoms with Gasteiger partial charge in [-0.15, -0.1) is 0 Å². The number of carbonyl (C=O) groups is 2. The van der Waals surface area contributed by atoms with Gasteiger partial charge in [0.2, 0.25) is 5.91 Å². The van der Waals surface area contributed by atoms with E-state index in [0.717, 1.165) is 30.4 Å². The number of benzene rings is 1. The molecule has 1 fully saturated rings. The predicted molar refractivity (Wildman–Crippen MR) is 141 cm³/mol. The molecule has 2 aromatic heterocycles. The fourth-order valence-electron chi connectivity index (χ4n) is 4.35. The lowest BCUT2D eigenvalue weighted by atomic mass is 9.90. The highest BCUT2D eigenvalue weighted by atomic mass is 35.5. The zero-order valence-electron chi connectivity index (χ0n) is 21.1. The summed E-state index contributed by atoms with van der Waals surface area (Å²) in [7, 11) is 0. The molecule has 37 heavy (non-hydrogen) atoms. The molecule has 4 rings (SSSR count). The Bertz CT molecular complexity index is 1280. The van der Waals surface area contributed by atoms with Crippen LogP contribution in [-0.4, -0.2) is 27.3 Å². The number of halogens is 2. The molecule has 1 aliphatic carbocycles. The Morgan fingerprint density at radius 3 is 2.57 bits per heavy atom. The molecule has 2 heterocycles. The van der Waals surface area contributed by atoms with Gasteiger partial charge in [-0.1, -0.05) is 53.4 Å². The Morgan fingerprint density at radius 2 is 1.92 bits per heavy atom. The van der Waals surface area contributed by atoms with Crippen LogP contribution in [0.15, 0.2) is 27.2 Å². The molecule has 0 unspecified atom stereocenters. The van der Waals surface area contributed by atoms with E-state index in [-0.39, 0.29) is 31.1 Å². The second-order valence-electron chi connectivity index (χ2n) is 10.2. The van der Waals surface area contributed by atoms with E-state index in [1.165, 1.54) is 0 Å². The summed E-state index contributed by atoms with van der Waals surface area (Å²) in [5.41, 5.74) is 3.29. The van der Waals surface area contributed by atoms with E-state index in [0.29, 0.717) is 51.0 Å². The Kier molecular flexibility index (Phi) is 8.60. The van der Waals surface area contributed by atoms with Gasteiger partial charge >= 0.3 is 5.97 Å². The maximum Gasteiger partial charge on any atom is 0.303 e. The SMILES string of the molecule is Cc1ccc(NC(=O)C[C@H](CCC(=O)O)c2noc(-c3noc(CCC(C)C)c3Cl)c2C2CC2)c(Cl)c1. The van der Waals surface area contributed by atoms with E-state index in [2.05, 4.69) is 29.5 Å². The van der Waals surface area contributed by atoms with Crippen molar-refractivity contribution in [2.24, 2.45) is 5.92 Å². The van der Waals surface area contributed by atoms with Crippen molar-refractivity contribution in [3.63, 3.8) is 0 Å². The number of nitrogens with one attached hydrogen (secondary N) is 1. The first-order valence-electron chi connectivity index (χ1n) is 12.6. The minimum absolute atomic E-state index is 0.0232. The minimum Gasteiger partial charge on any atom is -0.481 e. The van der Waals surface area contributed by atoms with Crippen molar-refractivity contribution in [3.8, 4) is 11.5 Å². The van der Waals surface area contributed by atoms with E-state index in [1.54, 1.807) is 12.1 Å². The van der Waals surface area contributed by atoms with E-state index in [9.17, 15) is 14.7 Å². The van der Waals surface area contributed by atoms with Gasteiger partial charge in [0.25, 0.3) is 0 Å². The van der Waals surface area contributed by atoms with E-state index < -0.39 is 11.9 Å². The molecular weight excluding hydrogens is 517 g/mol. The molecular formula is C27H31Cl2N3O5. The van der Waals surface area contributed by atoms with Gasteiger partial charge in [0.1, 0.15) is 5.02 Å². The number of rotatable bonds is 12. The lowest BCUT2D eigenvalue weighted by Gasteiger charge is -2.16. The van der Waals surface area contributed by atoms with Gasteiger partial charge in [0.05, 0.1) is 16.4 Å². The third-order valence-electron chi connectivity index (χ3n) is 6.53. The van der Waals surface area contributed by atoms with Crippen LogP contribution in [0.3, 0.4) is 0 Å². The number of hydrogen-bond donors (Lipinski definition) is 2. The number of carboxylic acid groups (broad SMARTS) is 1. The molecule has 0 bridgehead atoms. The van der Waals surface area contributed by atoms with Gasteiger partial charge in [0.15, 0.2) is 17.2 Å². The molecule has 1 atom stereocenters. The molecule has 0 radical (unpaired) electrons. The minimum atomic E-state index is -0.946. The maximum atomic E-state index is 13.0. The molecule has 2 N–H and O–H groups in total. The molecule has 0 saturated heterocycles. The fourth-order valence-corrected chi connectivity index (χ4v) is 4.88. The Hall–Kier alpha value is -2.84. The van der Waals surface area contributed by atoms with Crippen LogP contribution in [0.25, 0.3) is 11.5 Å². The highest BCUT2D eigenvalue weighted by Crippen LogP contribution is 2.49. The largest absolute Gasteiger partial charge is 0.481 e. The number of nitrogens with zero attached hydrogens (tertiary/aromatic N) is 2. The lowest BCUT2D eigenvalue weighted by molar-refractivity contribution is -0.137. The summed E-state index contributed by atoms with van der Waals surface area (Å²) < 4.78 is 11.3. The normalized spacial score (nSPS) is 14.2. The molecule has 10 heteroatoms. The first-order valence-corrected chi connectivity index (χ1v) is 13.3. The summed E-state index contributed by atoms with van der Waals surface area (Å²) in [4.78, 5) is 24.4. The smallest absolute Gasteiger partial charge is 0.303 e. The number of aryl methyl sites for hydroxylation is 2. The summed E-state index contributed by atoms with van der Waals surface area (Å²) in [6.07, 6.45) is 3.58. The van der Waals surface area contributed by atoms with Crippen LogP contribution < -0.4 is 5.32 Å². The highest BCUT2D eigenvalue weighted by molar-refractivity contribution is 6.34. The number of aliphatic carboxylic acids is 1. The summed E-state index contributed by atoms with van der Waals surface area (Å²) in [6, 6.07) is 5.37. The first-order chi connectivity index (χ1) is 17.6. The summed E-state index contributed by atoms with van der Waals surface area (Å²) in [5.74, 6) is -0.00358. The van der Waals surface area contributed by atoms with Gasteiger partial charge < -0.3 is 19.5 Å². The van der Waals surface area contributed by atoms with Gasteiger partial charge in [-0.2, -0.15) is 0 Å². The highest BCUT2D eigenvalue weighted by Gasteiger charge is 2.38. The maximum absolute atomic E-state index is 13.0. The Balaban J connectivity index is 1.62. The quantitative estimate of drug-likeness (QED) is 0.242. The molecule has 1 aliphatic rings. The van der Waals surface area contributed by atoms with E-state index >= 15 is 0 Å². The zero-order chi connectivity index (χ0) is 26.7. The van der Waals surface area contributed by atoms with Crippen LogP contribution in [0.1, 0.15) is 86.8 Å². The molecule has 0 spiro atoms. The molecule has 0 aliphatic heterocycles. The number of carboxylic acids is 1. The Morgan fingerprint density at radius 1 is 1.16 bits per heavy atom. The van der Waals surface area contributed by atoms with Gasteiger partial charge in [0, 0.05) is 30.7 Å². The standard InChI is InChI=1S/C27H31Cl2N3O5/c1-14(2)4-10-20-24(29)26(32-36-20)27-23(16-6-7-16)25(31-37-27)17(8-11-22(34)35)13-21(33)30-19-9-5-15(3)12-18(19)28/h5,9,12,14,16-17H,4,6-8,10-11,13H2,1-3H3,(H,30,33)(H,34,35)/t17-/m0/s1. The van der Waals surface area contributed by atoms with Crippen molar-refractivity contribution in [1.29, 1.82) is 0 Å². The molecule has 1 aromatic carbocycles. The van der Waals surface area contributed by atoms with Crippen molar-refractivity contribution >= 4 is 40.8 Å².